The third kappa shape index (κ3) is 2.52. The van der Waals surface area contributed by atoms with Gasteiger partial charge in [-0.15, -0.1) is 0 Å². The van der Waals surface area contributed by atoms with Crippen molar-refractivity contribution >= 4 is 29.4 Å². The minimum absolute atomic E-state index is 0.578. The predicted molar refractivity (Wildman–Crippen MR) is 87.3 cm³/mol. The fraction of sp³-hybridized carbons (Fsp3) is 0.375. The van der Waals surface area contributed by atoms with Gasteiger partial charge >= 0.3 is 0 Å². The van der Waals surface area contributed by atoms with Crippen molar-refractivity contribution in [3.05, 3.63) is 30.7 Å². The fourth-order valence-corrected chi connectivity index (χ4v) is 3.15. The Bertz CT molecular complexity index is 678. The van der Waals surface area contributed by atoms with Gasteiger partial charge in [0.25, 0.3) is 0 Å². The lowest BCUT2D eigenvalue weighted by molar-refractivity contribution is 0.631. The first-order valence-electron chi connectivity index (χ1n) is 7.73. The summed E-state index contributed by atoms with van der Waals surface area (Å²) >= 11 is 0. The van der Waals surface area contributed by atoms with Crippen molar-refractivity contribution in [3.63, 3.8) is 0 Å². The smallest absolute Gasteiger partial charge is 0.229 e. The van der Waals surface area contributed by atoms with E-state index in [-0.39, 0.29) is 0 Å². The Morgan fingerprint density at radius 1 is 1.14 bits per heavy atom. The van der Waals surface area contributed by atoms with Crippen molar-refractivity contribution in [2.24, 2.45) is 4.99 Å². The molecule has 0 saturated heterocycles. The van der Waals surface area contributed by atoms with Gasteiger partial charge in [-0.3, -0.25) is 9.98 Å². The Morgan fingerprint density at radius 2 is 1.95 bits per heavy atom. The average molecular weight is 294 g/mol. The maximum atomic E-state index is 4.70. The molecule has 1 aliphatic heterocycles. The van der Waals surface area contributed by atoms with Crippen LogP contribution in [0.25, 0.3) is 0 Å². The second-order valence-electron chi connectivity index (χ2n) is 5.67. The molecule has 2 aliphatic rings. The van der Waals surface area contributed by atoms with E-state index in [4.69, 9.17) is 4.98 Å². The molecule has 0 aromatic carbocycles. The first-order valence-corrected chi connectivity index (χ1v) is 7.73. The molecule has 6 heteroatoms. The van der Waals surface area contributed by atoms with E-state index >= 15 is 0 Å². The molecule has 0 atom stereocenters. The van der Waals surface area contributed by atoms with E-state index in [1.165, 1.54) is 25.7 Å². The molecule has 1 N–H and O–H groups in total. The highest BCUT2D eigenvalue weighted by molar-refractivity contribution is 5.80. The van der Waals surface area contributed by atoms with E-state index in [1.54, 1.807) is 18.6 Å². The Balaban J connectivity index is 1.63. The van der Waals surface area contributed by atoms with Crippen LogP contribution in [0.4, 0.5) is 23.1 Å². The number of fused-ring (bicyclic) bond motifs is 1. The van der Waals surface area contributed by atoms with Crippen LogP contribution >= 0.6 is 0 Å². The van der Waals surface area contributed by atoms with Crippen molar-refractivity contribution in [3.8, 4) is 0 Å². The van der Waals surface area contributed by atoms with Gasteiger partial charge in [-0.1, -0.05) is 12.8 Å². The van der Waals surface area contributed by atoms with Crippen molar-refractivity contribution in [1.82, 2.24) is 15.0 Å². The summed E-state index contributed by atoms with van der Waals surface area (Å²) in [6.45, 7) is 0.837. The molecule has 112 valence electrons. The Morgan fingerprint density at radius 3 is 2.77 bits per heavy atom. The summed E-state index contributed by atoms with van der Waals surface area (Å²) in [5, 5.41) is 3.22. The third-order valence-electron chi connectivity index (χ3n) is 4.23. The molecule has 0 bridgehead atoms. The lowest BCUT2D eigenvalue weighted by Gasteiger charge is -2.31. The molecule has 1 aliphatic carbocycles. The zero-order valence-corrected chi connectivity index (χ0v) is 12.3. The summed E-state index contributed by atoms with van der Waals surface area (Å²) in [4.78, 5) is 19.9. The largest absolute Gasteiger partial charge is 0.346 e. The first kappa shape index (κ1) is 13.2. The quantitative estimate of drug-likeness (QED) is 0.942. The van der Waals surface area contributed by atoms with Crippen LogP contribution in [-0.4, -0.2) is 33.8 Å². The molecular formula is C16H18N6. The Hall–Kier alpha value is -2.50. The number of nitrogens with one attached hydrogen (secondary N) is 1. The van der Waals surface area contributed by atoms with Gasteiger partial charge < -0.3 is 10.2 Å². The lowest BCUT2D eigenvalue weighted by atomic mass is 10.2. The van der Waals surface area contributed by atoms with Gasteiger partial charge in [0, 0.05) is 30.3 Å². The molecule has 2 aromatic heterocycles. The number of aromatic nitrogens is 3. The predicted octanol–water partition coefficient (Wildman–Crippen LogP) is 3.08. The van der Waals surface area contributed by atoms with Crippen molar-refractivity contribution in [2.75, 3.05) is 16.8 Å². The minimum atomic E-state index is 0.578. The average Bonchev–Trinajstić information content (AvgIpc) is 3.09. The molecule has 3 heterocycles. The highest BCUT2D eigenvalue weighted by Crippen LogP contribution is 2.35. The molecule has 6 nitrogen and oxygen atoms in total. The van der Waals surface area contributed by atoms with Crippen molar-refractivity contribution in [1.29, 1.82) is 0 Å². The summed E-state index contributed by atoms with van der Waals surface area (Å²) in [5.41, 5.74) is 1.79. The van der Waals surface area contributed by atoms with Crippen LogP contribution < -0.4 is 10.2 Å². The molecule has 22 heavy (non-hydrogen) atoms. The van der Waals surface area contributed by atoms with Gasteiger partial charge in [0.2, 0.25) is 5.95 Å². The van der Waals surface area contributed by atoms with E-state index in [0.29, 0.717) is 12.0 Å². The van der Waals surface area contributed by atoms with Crippen molar-refractivity contribution in [2.45, 2.75) is 31.7 Å². The van der Waals surface area contributed by atoms with Crippen LogP contribution in [0.15, 0.2) is 35.7 Å². The second-order valence-corrected chi connectivity index (χ2v) is 5.67. The highest BCUT2D eigenvalue weighted by Gasteiger charge is 2.27. The van der Waals surface area contributed by atoms with Crippen molar-refractivity contribution < 1.29 is 0 Å². The van der Waals surface area contributed by atoms with Crippen LogP contribution in [0, 0.1) is 0 Å². The summed E-state index contributed by atoms with van der Waals surface area (Å²) in [5.74, 6) is 1.55. The number of aliphatic imine (C=N–C) groups is 1. The molecule has 0 unspecified atom stereocenters. The second kappa shape index (κ2) is 5.71. The van der Waals surface area contributed by atoms with E-state index < -0.39 is 0 Å². The maximum Gasteiger partial charge on any atom is 0.229 e. The molecule has 1 saturated carbocycles. The third-order valence-corrected chi connectivity index (χ3v) is 4.23. The lowest BCUT2D eigenvalue weighted by Crippen LogP contribution is -2.37. The van der Waals surface area contributed by atoms with E-state index in [9.17, 15) is 0 Å². The first-order chi connectivity index (χ1) is 10.9. The number of hydrogen-bond acceptors (Lipinski definition) is 6. The highest BCUT2D eigenvalue weighted by atomic mass is 15.3. The zero-order valence-electron chi connectivity index (χ0n) is 12.3. The normalized spacial score (nSPS) is 17.5. The van der Waals surface area contributed by atoms with E-state index in [2.05, 4.69) is 25.2 Å². The summed E-state index contributed by atoms with van der Waals surface area (Å²) in [7, 11) is 0. The molecule has 1 fully saturated rings. The number of nitrogens with zero attached hydrogens (tertiary/aromatic N) is 5. The minimum Gasteiger partial charge on any atom is -0.346 e. The fourth-order valence-electron chi connectivity index (χ4n) is 3.15. The van der Waals surface area contributed by atoms with Crippen LogP contribution in [0.2, 0.25) is 0 Å². The van der Waals surface area contributed by atoms with Crippen LogP contribution in [0.3, 0.4) is 0 Å². The molecule has 0 spiro atoms. The number of hydrogen-bond donors (Lipinski definition) is 1. The van der Waals surface area contributed by atoms with Gasteiger partial charge in [-0.2, -0.15) is 4.98 Å². The van der Waals surface area contributed by atoms with Crippen LogP contribution in [-0.2, 0) is 0 Å². The standard InChI is InChI=1S/C16H18N6/c1-2-4-13(3-1)22-10-9-18-14-11-19-16(21-15(14)22)20-12-5-7-17-8-6-12/h5-9,11,13H,1-4,10H2,(H,17,19,20,21). The van der Waals surface area contributed by atoms with Gasteiger partial charge in [0.05, 0.1) is 12.7 Å². The SMILES string of the molecule is C1=Nc2cnc(Nc3ccncc3)nc2N(C2CCCC2)C1. The van der Waals surface area contributed by atoms with Gasteiger partial charge in [-0.05, 0) is 25.0 Å². The molecular weight excluding hydrogens is 276 g/mol. The molecule has 4 rings (SSSR count). The Kier molecular flexibility index (Phi) is 3.42. The number of rotatable bonds is 3. The summed E-state index contributed by atoms with van der Waals surface area (Å²) < 4.78 is 0. The summed E-state index contributed by atoms with van der Waals surface area (Å²) in [6.07, 6.45) is 12.3. The monoisotopic (exact) mass is 294 g/mol. The molecule has 0 amide bonds. The summed E-state index contributed by atoms with van der Waals surface area (Å²) in [6, 6.07) is 4.37. The number of pyridine rings is 1. The van der Waals surface area contributed by atoms with Gasteiger partial charge in [0.15, 0.2) is 5.82 Å². The van der Waals surface area contributed by atoms with E-state index in [1.807, 2.05) is 18.3 Å². The zero-order chi connectivity index (χ0) is 14.8. The Labute approximate surface area is 129 Å². The topological polar surface area (TPSA) is 66.3 Å². The van der Waals surface area contributed by atoms with Crippen LogP contribution in [0.5, 0.6) is 0 Å². The van der Waals surface area contributed by atoms with E-state index in [0.717, 1.165) is 23.7 Å². The molecule has 2 aromatic rings. The number of anilines is 3. The van der Waals surface area contributed by atoms with Gasteiger partial charge in [0.1, 0.15) is 5.69 Å². The maximum absolute atomic E-state index is 4.70. The van der Waals surface area contributed by atoms with Gasteiger partial charge in [-0.25, -0.2) is 4.98 Å². The molecule has 0 radical (unpaired) electrons. The van der Waals surface area contributed by atoms with Crippen LogP contribution in [0.1, 0.15) is 25.7 Å².